The summed E-state index contributed by atoms with van der Waals surface area (Å²) in [5, 5.41) is 10.2. The lowest BCUT2D eigenvalue weighted by Gasteiger charge is -2.38. The monoisotopic (exact) mass is 400 g/mol. The molecular formula is C22H32N4OS. The first kappa shape index (κ1) is 20.8. The third kappa shape index (κ3) is 5.32. The summed E-state index contributed by atoms with van der Waals surface area (Å²) in [5.74, 6) is 1.31. The van der Waals surface area contributed by atoms with E-state index >= 15 is 0 Å². The molecule has 1 fully saturated rings. The van der Waals surface area contributed by atoms with Crippen LogP contribution < -0.4 is 10.6 Å². The van der Waals surface area contributed by atoms with E-state index < -0.39 is 0 Å². The van der Waals surface area contributed by atoms with E-state index in [9.17, 15) is 0 Å². The third-order valence-electron chi connectivity index (χ3n) is 5.31. The van der Waals surface area contributed by atoms with Crippen molar-refractivity contribution in [2.45, 2.75) is 51.5 Å². The number of benzene rings is 1. The maximum atomic E-state index is 5.65. The molecule has 1 aromatic carbocycles. The van der Waals surface area contributed by atoms with E-state index in [0.29, 0.717) is 12.5 Å². The molecule has 2 aromatic rings. The van der Waals surface area contributed by atoms with E-state index in [1.165, 1.54) is 5.56 Å². The van der Waals surface area contributed by atoms with Gasteiger partial charge in [0, 0.05) is 37.1 Å². The number of aromatic nitrogens is 1. The van der Waals surface area contributed by atoms with Gasteiger partial charge >= 0.3 is 0 Å². The van der Waals surface area contributed by atoms with Gasteiger partial charge in [0.05, 0.1) is 12.2 Å². The first-order valence-electron chi connectivity index (χ1n) is 10.2. The Bertz CT molecular complexity index is 751. The van der Waals surface area contributed by atoms with E-state index in [-0.39, 0.29) is 5.41 Å². The molecule has 0 radical (unpaired) electrons. The van der Waals surface area contributed by atoms with Crippen LogP contribution in [0.2, 0.25) is 0 Å². The predicted molar refractivity (Wildman–Crippen MR) is 117 cm³/mol. The number of guanidine groups is 1. The van der Waals surface area contributed by atoms with E-state index in [1.54, 1.807) is 11.3 Å². The lowest BCUT2D eigenvalue weighted by atomic mass is 9.74. The van der Waals surface area contributed by atoms with E-state index in [4.69, 9.17) is 14.7 Å². The molecule has 0 spiro atoms. The van der Waals surface area contributed by atoms with Gasteiger partial charge in [0.15, 0.2) is 5.96 Å². The van der Waals surface area contributed by atoms with Crippen LogP contribution in [0.25, 0.3) is 0 Å². The SMILES string of the molecule is CCNC(=NCc1nc(C(C)C)cs1)NCC1(c2ccccc2)CCOCC1. The van der Waals surface area contributed by atoms with Crippen molar-refractivity contribution >= 4 is 17.3 Å². The Labute approximate surface area is 172 Å². The van der Waals surface area contributed by atoms with E-state index in [0.717, 1.165) is 55.8 Å². The molecule has 5 nitrogen and oxygen atoms in total. The number of nitrogens with zero attached hydrogens (tertiary/aromatic N) is 2. The fourth-order valence-corrected chi connectivity index (χ4v) is 4.40. The number of hydrogen-bond acceptors (Lipinski definition) is 4. The Hall–Kier alpha value is -1.92. The third-order valence-corrected chi connectivity index (χ3v) is 6.16. The van der Waals surface area contributed by atoms with Gasteiger partial charge in [-0.05, 0) is 31.2 Å². The maximum absolute atomic E-state index is 5.65. The van der Waals surface area contributed by atoms with Gasteiger partial charge in [0.1, 0.15) is 5.01 Å². The molecule has 1 saturated heterocycles. The molecule has 0 amide bonds. The molecule has 0 aliphatic carbocycles. The van der Waals surface area contributed by atoms with E-state index in [1.807, 2.05) is 0 Å². The minimum absolute atomic E-state index is 0.0850. The van der Waals surface area contributed by atoms with Crippen molar-refractivity contribution in [2.24, 2.45) is 4.99 Å². The second kappa shape index (κ2) is 10.0. The zero-order chi connectivity index (χ0) is 19.8. The average Bonchev–Trinajstić information content (AvgIpc) is 3.21. The molecule has 0 atom stereocenters. The minimum Gasteiger partial charge on any atom is -0.381 e. The molecule has 0 bridgehead atoms. The number of rotatable bonds is 7. The van der Waals surface area contributed by atoms with Crippen molar-refractivity contribution < 1.29 is 4.74 Å². The molecule has 28 heavy (non-hydrogen) atoms. The molecule has 0 unspecified atom stereocenters. The molecule has 152 valence electrons. The van der Waals surface area contributed by atoms with Crippen LogP contribution in [0, 0.1) is 0 Å². The van der Waals surface area contributed by atoms with Crippen molar-refractivity contribution in [1.29, 1.82) is 0 Å². The zero-order valence-electron chi connectivity index (χ0n) is 17.2. The smallest absolute Gasteiger partial charge is 0.191 e. The second-order valence-electron chi connectivity index (χ2n) is 7.63. The van der Waals surface area contributed by atoms with Crippen LogP contribution in [0.3, 0.4) is 0 Å². The summed E-state index contributed by atoms with van der Waals surface area (Å²) in [7, 11) is 0. The van der Waals surface area contributed by atoms with Crippen LogP contribution in [0.5, 0.6) is 0 Å². The maximum Gasteiger partial charge on any atom is 0.191 e. The van der Waals surface area contributed by atoms with Gasteiger partial charge in [-0.2, -0.15) is 0 Å². The first-order chi connectivity index (χ1) is 13.6. The van der Waals surface area contributed by atoms with Crippen LogP contribution in [-0.2, 0) is 16.7 Å². The number of hydrogen-bond donors (Lipinski definition) is 2. The van der Waals surface area contributed by atoms with Crippen molar-refractivity contribution in [3.63, 3.8) is 0 Å². The van der Waals surface area contributed by atoms with Gasteiger partial charge in [0.25, 0.3) is 0 Å². The fourth-order valence-electron chi connectivity index (χ4n) is 3.53. The normalized spacial score (nSPS) is 16.9. The topological polar surface area (TPSA) is 58.5 Å². The van der Waals surface area contributed by atoms with Gasteiger partial charge in [-0.25, -0.2) is 9.98 Å². The largest absolute Gasteiger partial charge is 0.381 e. The average molecular weight is 401 g/mol. The molecule has 1 aromatic heterocycles. The summed E-state index contributed by atoms with van der Waals surface area (Å²) >= 11 is 1.69. The zero-order valence-corrected chi connectivity index (χ0v) is 18.0. The summed E-state index contributed by atoms with van der Waals surface area (Å²) in [4.78, 5) is 9.47. The summed E-state index contributed by atoms with van der Waals surface area (Å²) in [6.45, 7) is 10.3. The Morgan fingerprint density at radius 2 is 1.96 bits per heavy atom. The van der Waals surface area contributed by atoms with Crippen molar-refractivity contribution in [3.05, 3.63) is 52.0 Å². The lowest BCUT2D eigenvalue weighted by molar-refractivity contribution is 0.0514. The van der Waals surface area contributed by atoms with Crippen molar-refractivity contribution in [3.8, 4) is 0 Å². The van der Waals surface area contributed by atoms with E-state index in [2.05, 4.69) is 67.1 Å². The number of thiazole rings is 1. The Morgan fingerprint density at radius 1 is 1.21 bits per heavy atom. The molecule has 2 heterocycles. The van der Waals surface area contributed by atoms with Crippen LogP contribution in [0.1, 0.15) is 55.8 Å². The van der Waals surface area contributed by atoms with Gasteiger partial charge in [-0.1, -0.05) is 44.2 Å². The molecule has 3 rings (SSSR count). The van der Waals surface area contributed by atoms with Gasteiger partial charge in [-0.3, -0.25) is 0 Å². The number of nitrogens with one attached hydrogen (secondary N) is 2. The Balaban J connectivity index is 1.69. The standard InChI is InChI=1S/C22H32N4OS/c1-4-23-21(24-14-20-26-19(15-28-20)17(2)3)25-16-22(10-12-27-13-11-22)18-8-6-5-7-9-18/h5-9,15,17H,4,10-14,16H2,1-3H3,(H2,23,24,25). The van der Waals surface area contributed by atoms with Crippen molar-refractivity contribution in [1.82, 2.24) is 15.6 Å². The highest BCUT2D eigenvalue weighted by Gasteiger charge is 2.34. The molecule has 6 heteroatoms. The summed E-state index contributed by atoms with van der Waals surface area (Å²) in [6.07, 6.45) is 2.04. The molecule has 1 aliphatic rings. The number of ether oxygens (including phenoxy) is 1. The summed E-state index contributed by atoms with van der Waals surface area (Å²) in [6, 6.07) is 10.8. The lowest BCUT2D eigenvalue weighted by Crippen LogP contribution is -2.48. The minimum atomic E-state index is 0.0850. The Kier molecular flexibility index (Phi) is 7.45. The second-order valence-corrected chi connectivity index (χ2v) is 8.57. The fraction of sp³-hybridized carbons (Fsp3) is 0.545. The van der Waals surface area contributed by atoms with Crippen LogP contribution in [0.4, 0.5) is 0 Å². The quantitative estimate of drug-likeness (QED) is 0.543. The summed E-state index contributed by atoms with van der Waals surface area (Å²) in [5.41, 5.74) is 2.61. The van der Waals surface area contributed by atoms with Crippen molar-refractivity contribution in [2.75, 3.05) is 26.3 Å². The van der Waals surface area contributed by atoms with Crippen LogP contribution >= 0.6 is 11.3 Å². The highest BCUT2D eigenvalue weighted by molar-refractivity contribution is 7.09. The first-order valence-corrected chi connectivity index (χ1v) is 11.1. The highest BCUT2D eigenvalue weighted by atomic mass is 32.1. The molecule has 1 aliphatic heterocycles. The van der Waals surface area contributed by atoms with Crippen LogP contribution in [-0.4, -0.2) is 37.2 Å². The van der Waals surface area contributed by atoms with Crippen LogP contribution in [0.15, 0.2) is 40.7 Å². The van der Waals surface area contributed by atoms with Gasteiger partial charge in [0.2, 0.25) is 0 Å². The predicted octanol–water partition coefficient (Wildman–Crippen LogP) is 4.07. The Morgan fingerprint density at radius 3 is 2.61 bits per heavy atom. The summed E-state index contributed by atoms with van der Waals surface area (Å²) < 4.78 is 5.65. The highest BCUT2D eigenvalue weighted by Crippen LogP contribution is 2.34. The van der Waals surface area contributed by atoms with Gasteiger partial charge < -0.3 is 15.4 Å². The molecular weight excluding hydrogens is 368 g/mol. The molecule has 2 N–H and O–H groups in total. The number of aliphatic imine (C=N–C) groups is 1. The molecule has 0 saturated carbocycles. The van der Waals surface area contributed by atoms with Gasteiger partial charge in [-0.15, -0.1) is 11.3 Å².